The molecule has 1 N–H and O–H groups in total. The van der Waals surface area contributed by atoms with Crippen LogP contribution in [0, 0.1) is 0 Å². The highest BCUT2D eigenvalue weighted by molar-refractivity contribution is 8.15. The van der Waals surface area contributed by atoms with E-state index in [0.717, 1.165) is 11.8 Å². The van der Waals surface area contributed by atoms with E-state index in [9.17, 15) is 14.4 Å². The molecule has 6 heteroatoms. The van der Waals surface area contributed by atoms with Crippen molar-refractivity contribution < 1.29 is 14.4 Å². The van der Waals surface area contributed by atoms with Crippen molar-refractivity contribution in [2.75, 3.05) is 0 Å². The van der Waals surface area contributed by atoms with Gasteiger partial charge in [0.05, 0.1) is 0 Å². The molecule has 0 saturated carbocycles. The molecule has 0 fully saturated rings. The van der Waals surface area contributed by atoms with E-state index in [-0.39, 0.29) is 29.2 Å². The molecule has 0 aliphatic carbocycles. The summed E-state index contributed by atoms with van der Waals surface area (Å²) in [6, 6.07) is 8.79. The van der Waals surface area contributed by atoms with Crippen LogP contribution in [0.5, 0.6) is 0 Å². The maximum Gasteiger partial charge on any atom is 0.262 e. The Bertz CT molecular complexity index is 554. The van der Waals surface area contributed by atoms with Gasteiger partial charge in [-0.25, -0.2) is 0 Å². The Kier molecular flexibility index (Phi) is 4.11. The molecule has 98 valence electrons. The smallest absolute Gasteiger partial charge is 0.262 e. The fourth-order valence-corrected chi connectivity index (χ4v) is 2.63. The first-order chi connectivity index (χ1) is 9.06. The number of aliphatic imine (C=N–C) groups is 1. The van der Waals surface area contributed by atoms with E-state index >= 15 is 0 Å². The largest absolute Gasteiger partial charge is 0.305 e. The highest BCUT2D eigenvalue weighted by Gasteiger charge is 2.31. The summed E-state index contributed by atoms with van der Waals surface area (Å²) in [4.78, 5) is 38.2. The molecule has 0 unspecified atom stereocenters. The lowest BCUT2D eigenvalue weighted by molar-refractivity contribution is -0.117. The summed E-state index contributed by atoms with van der Waals surface area (Å²) >= 11 is 1.12. The van der Waals surface area contributed by atoms with Gasteiger partial charge in [0.1, 0.15) is 5.25 Å². The summed E-state index contributed by atoms with van der Waals surface area (Å²) < 4.78 is 0. The molecule has 0 aromatic heterocycles. The second-order valence-electron chi connectivity index (χ2n) is 4.04. The standard InChI is InChI=1S/C13H12N2O3S/c1-8(16)14-13-15-12(18)11(19-13)7-10(17)9-5-3-2-4-6-9/h2-6,11H,7H2,1H3,(H,14,15,16,18)/t11-/m0/s1. The van der Waals surface area contributed by atoms with Gasteiger partial charge >= 0.3 is 0 Å². The van der Waals surface area contributed by atoms with E-state index in [0.29, 0.717) is 5.56 Å². The number of nitrogens with zero attached hydrogens (tertiary/aromatic N) is 1. The van der Waals surface area contributed by atoms with Gasteiger partial charge in [-0.2, -0.15) is 4.99 Å². The lowest BCUT2D eigenvalue weighted by Crippen LogP contribution is -2.24. The number of amidine groups is 1. The van der Waals surface area contributed by atoms with Crippen molar-refractivity contribution in [1.29, 1.82) is 0 Å². The van der Waals surface area contributed by atoms with Gasteiger partial charge in [-0.05, 0) is 0 Å². The lowest BCUT2D eigenvalue weighted by atomic mass is 10.1. The molecule has 5 nitrogen and oxygen atoms in total. The first-order valence-electron chi connectivity index (χ1n) is 5.71. The summed E-state index contributed by atoms with van der Waals surface area (Å²) in [6.07, 6.45) is 0.0834. The van der Waals surface area contributed by atoms with E-state index < -0.39 is 5.25 Å². The van der Waals surface area contributed by atoms with E-state index in [1.54, 1.807) is 24.3 Å². The molecular formula is C13H12N2O3S. The van der Waals surface area contributed by atoms with Gasteiger partial charge < -0.3 is 5.32 Å². The monoisotopic (exact) mass is 276 g/mol. The molecule has 0 spiro atoms. The fourth-order valence-electron chi connectivity index (χ4n) is 1.63. The number of hydrogen-bond donors (Lipinski definition) is 1. The van der Waals surface area contributed by atoms with Gasteiger partial charge in [-0.15, -0.1) is 0 Å². The second kappa shape index (κ2) is 5.79. The van der Waals surface area contributed by atoms with E-state index in [1.165, 1.54) is 6.92 Å². The predicted octanol–water partition coefficient (Wildman–Crippen LogP) is 1.39. The van der Waals surface area contributed by atoms with Gasteiger partial charge in [-0.1, -0.05) is 42.1 Å². The zero-order valence-electron chi connectivity index (χ0n) is 10.3. The van der Waals surface area contributed by atoms with E-state index in [2.05, 4.69) is 10.3 Å². The van der Waals surface area contributed by atoms with Crippen molar-refractivity contribution >= 4 is 34.5 Å². The van der Waals surface area contributed by atoms with Gasteiger partial charge in [0, 0.05) is 18.9 Å². The Morgan fingerprint density at radius 3 is 2.63 bits per heavy atom. The molecule has 2 rings (SSSR count). The second-order valence-corrected chi connectivity index (χ2v) is 5.23. The summed E-state index contributed by atoms with van der Waals surface area (Å²) in [5.41, 5.74) is 0.573. The van der Waals surface area contributed by atoms with Crippen LogP contribution in [0.3, 0.4) is 0 Å². The van der Waals surface area contributed by atoms with Crippen molar-refractivity contribution in [1.82, 2.24) is 5.32 Å². The van der Waals surface area contributed by atoms with Gasteiger partial charge in [0.15, 0.2) is 11.0 Å². The highest BCUT2D eigenvalue weighted by atomic mass is 32.2. The van der Waals surface area contributed by atoms with Gasteiger partial charge in [0.2, 0.25) is 5.91 Å². The number of carbonyl (C=O) groups excluding carboxylic acids is 3. The molecular weight excluding hydrogens is 264 g/mol. The topological polar surface area (TPSA) is 75.6 Å². The number of ketones is 1. The Morgan fingerprint density at radius 2 is 2.00 bits per heavy atom. The summed E-state index contributed by atoms with van der Waals surface area (Å²) in [6.45, 7) is 1.34. The molecule has 2 amide bonds. The minimum Gasteiger partial charge on any atom is -0.305 e. The van der Waals surface area contributed by atoms with Crippen LogP contribution in [0.1, 0.15) is 23.7 Å². The molecule has 1 atom stereocenters. The number of nitrogens with one attached hydrogen (secondary N) is 1. The molecule has 1 aliphatic rings. The van der Waals surface area contributed by atoms with Crippen molar-refractivity contribution in [2.24, 2.45) is 4.99 Å². The van der Waals surface area contributed by atoms with Crippen LogP contribution in [-0.4, -0.2) is 28.0 Å². The molecule has 1 aliphatic heterocycles. The molecule has 19 heavy (non-hydrogen) atoms. The zero-order valence-corrected chi connectivity index (χ0v) is 11.1. The maximum absolute atomic E-state index is 12.0. The molecule has 0 saturated heterocycles. The van der Waals surface area contributed by atoms with E-state index in [4.69, 9.17) is 0 Å². The van der Waals surface area contributed by atoms with Crippen molar-refractivity contribution in [3.05, 3.63) is 35.9 Å². The SMILES string of the molecule is CC(=O)NC1=NC(=O)[C@H](CC(=O)c2ccccc2)S1. The third kappa shape index (κ3) is 3.51. The van der Waals surface area contributed by atoms with Crippen molar-refractivity contribution in [3.8, 4) is 0 Å². The average molecular weight is 276 g/mol. The van der Waals surface area contributed by atoms with Gasteiger partial charge in [-0.3, -0.25) is 14.4 Å². The predicted molar refractivity (Wildman–Crippen MR) is 73.0 cm³/mol. The zero-order chi connectivity index (χ0) is 13.8. The number of thioether (sulfide) groups is 1. The van der Waals surface area contributed by atoms with Crippen molar-refractivity contribution in [2.45, 2.75) is 18.6 Å². The number of benzene rings is 1. The molecule has 0 radical (unpaired) electrons. The minimum atomic E-state index is -0.547. The quantitative estimate of drug-likeness (QED) is 0.847. The molecule has 1 aromatic rings. The molecule has 1 aromatic carbocycles. The fraction of sp³-hybridized carbons (Fsp3) is 0.231. The summed E-state index contributed by atoms with van der Waals surface area (Å²) in [5, 5.41) is 2.18. The first-order valence-corrected chi connectivity index (χ1v) is 6.59. The maximum atomic E-state index is 12.0. The first kappa shape index (κ1) is 13.5. The lowest BCUT2D eigenvalue weighted by Gasteiger charge is -2.06. The number of Topliss-reactive ketones (excluding diaryl/α,β-unsaturated/α-hetero) is 1. The highest BCUT2D eigenvalue weighted by Crippen LogP contribution is 2.25. The third-order valence-electron chi connectivity index (χ3n) is 2.49. The van der Waals surface area contributed by atoms with Crippen LogP contribution in [-0.2, 0) is 9.59 Å². The Balaban J connectivity index is 1.97. The number of amides is 2. The molecule has 0 bridgehead atoms. The number of carbonyl (C=O) groups is 3. The summed E-state index contributed by atoms with van der Waals surface area (Å²) in [5.74, 6) is -0.766. The number of hydrogen-bond acceptors (Lipinski definition) is 4. The molecule has 1 heterocycles. The van der Waals surface area contributed by atoms with Crippen LogP contribution >= 0.6 is 11.8 Å². The third-order valence-corrected chi connectivity index (χ3v) is 3.56. The average Bonchev–Trinajstić information content (AvgIpc) is 2.69. The van der Waals surface area contributed by atoms with Crippen LogP contribution in [0.25, 0.3) is 0 Å². The van der Waals surface area contributed by atoms with Crippen LogP contribution in [0.2, 0.25) is 0 Å². The van der Waals surface area contributed by atoms with Crippen LogP contribution in [0.4, 0.5) is 0 Å². The summed E-state index contributed by atoms with van der Waals surface area (Å²) in [7, 11) is 0. The van der Waals surface area contributed by atoms with Crippen LogP contribution in [0.15, 0.2) is 35.3 Å². The number of rotatable bonds is 3. The van der Waals surface area contributed by atoms with Crippen molar-refractivity contribution in [3.63, 3.8) is 0 Å². The van der Waals surface area contributed by atoms with E-state index in [1.807, 2.05) is 6.07 Å². The Hall–Kier alpha value is -1.95. The normalized spacial score (nSPS) is 18.1. The Morgan fingerprint density at radius 1 is 1.32 bits per heavy atom. The minimum absolute atomic E-state index is 0.0834. The van der Waals surface area contributed by atoms with Gasteiger partial charge in [0.25, 0.3) is 5.91 Å². The Labute approximate surface area is 114 Å². The van der Waals surface area contributed by atoms with Crippen LogP contribution < -0.4 is 5.32 Å².